The van der Waals surface area contributed by atoms with Crippen molar-refractivity contribution >= 4 is 17.3 Å². The molecule has 100 valence electrons. The number of aryl methyl sites for hydroxylation is 1. The molecule has 0 saturated heterocycles. The van der Waals surface area contributed by atoms with Gasteiger partial charge in [-0.1, -0.05) is 6.92 Å². The smallest absolute Gasteiger partial charge is 0.341 e. The molecule has 2 rings (SSSR count). The zero-order valence-corrected chi connectivity index (χ0v) is 11.3. The predicted molar refractivity (Wildman–Crippen MR) is 69.9 cm³/mol. The van der Waals surface area contributed by atoms with Crippen LogP contribution < -0.4 is 0 Å². The van der Waals surface area contributed by atoms with Crippen LogP contribution in [0.5, 0.6) is 5.75 Å². The number of carbonyl (C=O) groups excluding carboxylic acids is 1. The molecule has 0 radical (unpaired) electrons. The Balaban J connectivity index is 2.57. The monoisotopic (exact) mass is 281 g/mol. The van der Waals surface area contributed by atoms with Gasteiger partial charge in [-0.25, -0.2) is 14.2 Å². The highest BCUT2D eigenvalue weighted by molar-refractivity contribution is 7.15. The molecule has 0 aliphatic heterocycles. The van der Waals surface area contributed by atoms with Gasteiger partial charge in [0.15, 0.2) is 0 Å². The third kappa shape index (κ3) is 2.58. The van der Waals surface area contributed by atoms with Crippen molar-refractivity contribution in [2.75, 3.05) is 7.11 Å². The summed E-state index contributed by atoms with van der Waals surface area (Å²) >= 11 is 1.32. The third-order valence-corrected chi connectivity index (χ3v) is 3.77. The molecule has 0 fully saturated rings. The molecule has 0 bridgehead atoms. The van der Waals surface area contributed by atoms with Crippen LogP contribution in [0.15, 0.2) is 18.3 Å². The number of hydrogen-bond donors (Lipinski definition) is 1. The first-order valence-electron chi connectivity index (χ1n) is 5.62. The van der Waals surface area contributed by atoms with Crippen LogP contribution >= 0.6 is 11.3 Å². The summed E-state index contributed by atoms with van der Waals surface area (Å²) in [5.41, 5.74) is -0.198. The molecule has 1 aromatic carbocycles. The van der Waals surface area contributed by atoms with E-state index >= 15 is 0 Å². The fourth-order valence-electron chi connectivity index (χ4n) is 1.62. The molecule has 6 heteroatoms. The quantitative estimate of drug-likeness (QED) is 0.879. The number of benzene rings is 1. The summed E-state index contributed by atoms with van der Waals surface area (Å²) in [7, 11) is 1.16. The van der Waals surface area contributed by atoms with E-state index in [1.54, 1.807) is 6.20 Å². The number of aromatic nitrogens is 1. The van der Waals surface area contributed by atoms with Gasteiger partial charge in [0.25, 0.3) is 0 Å². The number of aromatic hydroxyl groups is 1. The van der Waals surface area contributed by atoms with Crippen LogP contribution in [-0.2, 0) is 11.2 Å². The Morgan fingerprint density at radius 1 is 1.53 bits per heavy atom. The van der Waals surface area contributed by atoms with Crippen molar-refractivity contribution < 1.29 is 19.0 Å². The highest BCUT2D eigenvalue weighted by Gasteiger charge is 2.20. The van der Waals surface area contributed by atoms with E-state index in [4.69, 9.17) is 0 Å². The number of halogens is 1. The number of nitrogens with zero attached hydrogens (tertiary/aromatic N) is 1. The van der Waals surface area contributed by atoms with E-state index in [2.05, 4.69) is 9.72 Å². The fraction of sp³-hybridized carbons (Fsp3) is 0.231. The Kier molecular flexibility index (Phi) is 3.80. The molecular formula is C13H12FNO3S. The maximum absolute atomic E-state index is 14.2. The first kappa shape index (κ1) is 13.5. The molecule has 0 unspecified atom stereocenters. The summed E-state index contributed by atoms with van der Waals surface area (Å²) in [4.78, 5) is 16.5. The van der Waals surface area contributed by atoms with Crippen LogP contribution in [0.3, 0.4) is 0 Å². The van der Waals surface area contributed by atoms with Crippen LogP contribution in [0.25, 0.3) is 10.6 Å². The van der Waals surface area contributed by atoms with Gasteiger partial charge < -0.3 is 9.84 Å². The molecule has 0 atom stereocenters. The van der Waals surface area contributed by atoms with Crippen LogP contribution in [0, 0.1) is 5.82 Å². The van der Waals surface area contributed by atoms with E-state index in [0.29, 0.717) is 5.01 Å². The largest absolute Gasteiger partial charge is 0.508 e. The second-order valence-corrected chi connectivity index (χ2v) is 4.95. The minimum absolute atomic E-state index is 0.102. The summed E-state index contributed by atoms with van der Waals surface area (Å²) < 4.78 is 18.7. The maximum atomic E-state index is 14.2. The van der Waals surface area contributed by atoms with E-state index in [-0.39, 0.29) is 16.9 Å². The Hall–Kier alpha value is -1.95. The zero-order chi connectivity index (χ0) is 14.0. The Bertz CT molecular complexity index is 624. The highest BCUT2D eigenvalue weighted by atomic mass is 32.1. The van der Waals surface area contributed by atoms with Gasteiger partial charge in [0.1, 0.15) is 16.6 Å². The van der Waals surface area contributed by atoms with Crippen LogP contribution in [0.4, 0.5) is 4.39 Å². The lowest BCUT2D eigenvalue weighted by Gasteiger charge is -2.06. The third-order valence-electron chi connectivity index (χ3n) is 2.60. The maximum Gasteiger partial charge on any atom is 0.341 e. The van der Waals surface area contributed by atoms with E-state index in [0.717, 1.165) is 24.5 Å². The Morgan fingerprint density at radius 2 is 2.26 bits per heavy atom. The lowest BCUT2D eigenvalue weighted by Crippen LogP contribution is -2.05. The van der Waals surface area contributed by atoms with Gasteiger partial charge in [-0.05, 0) is 18.6 Å². The van der Waals surface area contributed by atoms with Crippen LogP contribution in [0.1, 0.15) is 22.2 Å². The van der Waals surface area contributed by atoms with Crippen molar-refractivity contribution in [3.05, 3.63) is 34.6 Å². The molecular weight excluding hydrogens is 269 g/mol. The van der Waals surface area contributed by atoms with Gasteiger partial charge in [0.05, 0.1) is 18.2 Å². The average Bonchev–Trinajstić information content (AvgIpc) is 2.88. The number of thiazole rings is 1. The lowest BCUT2D eigenvalue weighted by atomic mass is 10.1. The lowest BCUT2D eigenvalue weighted by molar-refractivity contribution is 0.0595. The Morgan fingerprint density at radius 3 is 2.84 bits per heavy atom. The first-order valence-corrected chi connectivity index (χ1v) is 6.44. The number of carbonyl (C=O) groups is 1. The van der Waals surface area contributed by atoms with Gasteiger partial charge in [-0.15, -0.1) is 11.3 Å². The van der Waals surface area contributed by atoms with Crippen LogP contribution in [0.2, 0.25) is 0 Å². The molecule has 1 N–H and O–H groups in total. The van der Waals surface area contributed by atoms with E-state index in [1.807, 2.05) is 6.92 Å². The highest BCUT2D eigenvalue weighted by Crippen LogP contribution is 2.32. The minimum atomic E-state index is -0.832. The molecule has 0 aliphatic rings. The Labute approximate surface area is 113 Å². The minimum Gasteiger partial charge on any atom is -0.508 e. The number of phenolic OH excluding ortho intramolecular Hbond substituents is 1. The topological polar surface area (TPSA) is 59.4 Å². The molecule has 0 spiro atoms. The zero-order valence-electron chi connectivity index (χ0n) is 10.4. The van der Waals surface area contributed by atoms with Crippen molar-refractivity contribution in [2.24, 2.45) is 0 Å². The standard InChI is InChI=1S/C13H12FNO3S/c1-3-8-6-15-12(19-8)9-4-7(16)5-10(11(9)14)13(17)18-2/h4-6,16H,3H2,1-2H3. The molecule has 1 heterocycles. The fourth-order valence-corrected chi connectivity index (χ4v) is 2.48. The normalized spacial score (nSPS) is 10.5. The number of phenols is 1. The molecule has 4 nitrogen and oxygen atoms in total. The van der Waals surface area contributed by atoms with Gasteiger partial charge in [0.2, 0.25) is 0 Å². The molecule has 0 aliphatic carbocycles. The summed E-state index contributed by atoms with van der Waals surface area (Å²) in [5.74, 6) is -1.77. The molecule has 2 aromatic rings. The summed E-state index contributed by atoms with van der Waals surface area (Å²) in [6, 6.07) is 2.29. The van der Waals surface area contributed by atoms with Crippen molar-refractivity contribution in [1.82, 2.24) is 4.98 Å². The SMILES string of the molecule is CCc1cnc(-c2cc(O)cc(C(=O)OC)c2F)s1. The van der Waals surface area contributed by atoms with Crippen LogP contribution in [-0.4, -0.2) is 23.2 Å². The van der Waals surface area contributed by atoms with Crippen molar-refractivity contribution in [2.45, 2.75) is 13.3 Å². The van der Waals surface area contributed by atoms with Gasteiger partial charge in [-0.2, -0.15) is 0 Å². The predicted octanol–water partition coefficient (Wildman–Crippen LogP) is 3.00. The van der Waals surface area contributed by atoms with E-state index < -0.39 is 11.8 Å². The molecule has 0 amide bonds. The molecule has 0 saturated carbocycles. The van der Waals surface area contributed by atoms with E-state index in [1.165, 1.54) is 17.4 Å². The number of ether oxygens (including phenoxy) is 1. The second kappa shape index (κ2) is 5.36. The number of esters is 1. The molecule has 19 heavy (non-hydrogen) atoms. The van der Waals surface area contributed by atoms with Crippen molar-refractivity contribution in [3.8, 4) is 16.3 Å². The summed E-state index contributed by atoms with van der Waals surface area (Å²) in [6.07, 6.45) is 2.45. The number of rotatable bonds is 3. The summed E-state index contributed by atoms with van der Waals surface area (Å²) in [6.45, 7) is 1.97. The second-order valence-electron chi connectivity index (χ2n) is 3.83. The van der Waals surface area contributed by atoms with Gasteiger partial charge in [-0.3, -0.25) is 0 Å². The van der Waals surface area contributed by atoms with Gasteiger partial charge in [0, 0.05) is 11.1 Å². The summed E-state index contributed by atoms with van der Waals surface area (Å²) in [5, 5.41) is 10.0. The van der Waals surface area contributed by atoms with Gasteiger partial charge >= 0.3 is 5.97 Å². The number of hydrogen-bond acceptors (Lipinski definition) is 5. The van der Waals surface area contributed by atoms with Crippen molar-refractivity contribution in [3.63, 3.8) is 0 Å². The van der Waals surface area contributed by atoms with E-state index in [9.17, 15) is 14.3 Å². The number of methoxy groups -OCH3 is 1. The molecule has 1 aromatic heterocycles. The van der Waals surface area contributed by atoms with Crippen molar-refractivity contribution in [1.29, 1.82) is 0 Å². The average molecular weight is 281 g/mol. The first-order chi connectivity index (χ1) is 9.06.